The van der Waals surface area contributed by atoms with Crippen molar-refractivity contribution in [3.05, 3.63) is 54.1 Å². The van der Waals surface area contributed by atoms with Crippen molar-refractivity contribution < 1.29 is 23.7 Å². The Kier molecular flexibility index (Phi) is 8.35. The molecule has 0 bridgehead atoms. The summed E-state index contributed by atoms with van der Waals surface area (Å²) < 4.78 is 22.0. The minimum absolute atomic E-state index is 0.525. The van der Waals surface area contributed by atoms with Crippen molar-refractivity contribution in [3.8, 4) is 17.2 Å². The van der Waals surface area contributed by atoms with E-state index in [2.05, 4.69) is 0 Å². The molecule has 0 heterocycles. The van der Waals surface area contributed by atoms with Crippen LogP contribution in [0.3, 0.4) is 0 Å². The molecule has 0 spiro atoms. The van der Waals surface area contributed by atoms with E-state index in [-0.39, 0.29) is 0 Å². The predicted molar refractivity (Wildman–Crippen MR) is 95.9 cm³/mol. The van der Waals surface area contributed by atoms with E-state index in [1.54, 1.807) is 25.3 Å². The predicted octanol–water partition coefficient (Wildman–Crippen LogP) is 3.76. The fourth-order valence-electron chi connectivity index (χ4n) is 2.19. The molecule has 0 N–H and O–H groups in total. The molecular weight excluding hydrogens is 320 g/mol. The van der Waals surface area contributed by atoms with Crippen molar-refractivity contribution in [2.24, 2.45) is 0 Å². The highest BCUT2D eigenvalue weighted by molar-refractivity contribution is 5.76. The number of benzene rings is 2. The van der Waals surface area contributed by atoms with Crippen LogP contribution in [0.1, 0.15) is 23.2 Å². The Morgan fingerprint density at radius 2 is 1.56 bits per heavy atom. The van der Waals surface area contributed by atoms with E-state index in [0.717, 1.165) is 24.9 Å². The van der Waals surface area contributed by atoms with Gasteiger partial charge in [-0.15, -0.1) is 0 Å². The summed E-state index contributed by atoms with van der Waals surface area (Å²) in [5, 5.41) is 0. The Labute approximate surface area is 148 Å². The molecule has 5 nitrogen and oxygen atoms in total. The van der Waals surface area contributed by atoms with Crippen LogP contribution in [0.15, 0.2) is 48.5 Å². The van der Waals surface area contributed by atoms with Crippen LogP contribution in [0.25, 0.3) is 0 Å². The van der Waals surface area contributed by atoms with E-state index < -0.39 is 0 Å². The molecule has 0 fully saturated rings. The molecule has 0 radical (unpaired) electrons. The first-order valence-corrected chi connectivity index (χ1v) is 8.35. The molecular formula is C20H24O5. The van der Waals surface area contributed by atoms with Crippen molar-refractivity contribution >= 4 is 6.29 Å². The monoisotopic (exact) mass is 344 g/mol. The first-order chi connectivity index (χ1) is 12.3. The molecule has 5 heteroatoms. The Hall–Kier alpha value is -2.53. The number of hydrogen-bond acceptors (Lipinski definition) is 5. The smallest absolute Gasteiger partial charge is 0.161 e. The van der Waals surface area contributed by atoms with Gasteiger partial charge in [0.1, 0.15) is 12.0 Å². The quantitative estimate of drug-likeness (QED) is 0.433. The maximum atomic E-state index is 10.8. The van der Waals surface area contributed by atoms with E-state index in [0.29, 0.717) is 43.5 Å². The zero-order valence-electron chi connectivity index (χ0n) is 14.5. The first kappa shape index (κ1) is 18.8. The van der Waals surface area contributed by atoms with Crippen LogP contribution in [0.4, 0.5) is 0 Å². The van der Waals surface area contributed by atoms with Gasteiger partial charge < -0.3 is 18.9 Å². The number of hydrogen-bond donors (Lipinski definition) is 0. The molecule has 134 valence electrons. The minimum Gasteiger partial charge on any atom is -0.494 e. The molecule has 0 aliphatic rings. The fraction of sp³-hybridized carbons (Fsp3) is 0.350. The van der Waals surface area contributed by atoms with Gasteiger partial charge in [-0.2, -0.15) is 0 Å². The lowest BCUT2D eigenvalue weighted by Crippen LogP contribution is -2.07. The lowest BCUT2D eigenvalue weighted by molar-refractivity contribution is 0.107. The van der Waals surface area contributed by atoms with Crippen molar-refractivity contribution in [1.82, 2.24) is 0 Å². The molecule has 2 aromatic carbocycles. The standard InChI is InChI=1S/C20H24O5/c1-22-20-15-17(16-21)9-10-19(20)25-14-6-12-23-11-5-13-24-18-7-3-2-4-8-18/h2-4,7-10,15-16H,5-6,11-14H2,1H3. The zero-order chi connectivity index (χ0) is 17.7. The maximum Gasteiger partial charge on any atom is 0.161 e. The molecule has 2 rings (SSSR count). The summed E-state index contributed by atoms with van der Waals surface area (Å²) in [5.41, 5.74) is 0.560. The van der Waals surface area contributed by atoms with E-state index in [1.165, 1.54) is 0 Å². The number of rotatable bonds is 12. The average molecular weight is 344 g/mol. The van der Waals surface area contributed by atoms with Gasteiger partial charge in [0.2, 0.25) is 0 Å². The topological polar surface area (TPSA) is 54.0 Å². The third kappa shape index (κ3) is 6.85. The van der Waals surface area contributed by atoms with E-state index >= 15 is 0 Å². The van der Waals surface area contributed by atoms with Crippen LogP contribution in [0, 0.1) is 0 Å². The second-order valence-corrected chi connectivity index (χ2v) is 5.36. The highest BCUT2D eigenvalue weighted by Crippen LogP contribution is 2.27. The highest BCUT2D eigenvalue weighted by Gasteiger charge is 2.05. The number of ether oxygens (including phenoxy) is 4. The summed E-state index contributed by atoms with van der Waals surface area (Å²) in [5.74, 6) is 2.07. The molecule has 0 saturated heterocycles. The van der Waals surface area contributed by atoms with Crippen LogP contribution < -0.4 is 14.2 Å². The van der Waals surface area contributed by atoms with Gasteiger partial charge in [0, 0.05) is 31.6 Å². The van der Waals surface area contributed by atoms with Crippen LogP contribution in [-0.4, -0.2) is 39.8 Å². The third-order valence-electron chi connectivity index (χ3n) is 3.46. The number of carbonyl (C=O) groups is 1. The molecule has 0 aliphatic heterocycles. The Morgan fingerprint density at radius 3 is 2.24 bits per heavy atom. The molecule has 0 amide bonds. The summed E-state index contributed by atoms with van der Waals surface area (Å²) in [6.07, 6.45) is 2.40. The Morgan fingerprint density at radius 1 is 0.840 bits per heavy atom. The summed E-state index contributed by atoms with van der Waals surface area (Å²) >= 11 is 0. The van der Waals surface area contributed by atoms with Gasteiger partial charge in [-0.05, 0) is 30.3 Å². The van der Waals surface area contributed by atoms with Crippen LogP contribution in [-0.2, 0) is 4.74 Å². The fourth-order valence-corrected chi connectivity index (χ4v) is 2.19. The summed E-state index contributed by atoms with van der Waals surface area (Å²) in [6, 6.07) is 14.8. The second-order valence-electron chi connectivity index (χ2n) is 5.36. The number of carbonyl (C=O) groups excluding carboxylic acids is 1. The third-order valence-corrected chi connectivity index (χ3v) is 3.46. The van der Waals surface area contributed by atoms with Gasteiger partial charge >= 0.3 is 0 Å². The molecule has 0 atom stereocenters. The molecule has 2 aromatic rings. The first-order valence-electron chi connectivity index (χ1n) is 8.35. The number of methoxy groups -OCH3 is 1. The Bertz CT molecular complexity index is 627. The number of para-hydroxylation sites is 1. The maximum absolute atomic E-state index is 10.8. The summed E-state index contributed by atoms with van der Waals surface area (Å²) in [6.45, 7) is 2.45. The lowest BCUT2D eigenvalue weighted by atomic mass is 10.2. The molecule has 0 saturated carbocycles. The molecule has 0 aliphatic carbocycles. The van der Waals surface area contributed by atoms with Crippen LogP contribution in [0.5, 0.6) is 17.2 Å². The van der Waals surface area contributed by atoms with Crippen molar-refractivity contribution in [3.63, 3.8) is 0 Å². The lowest BCUT2D eigenvalue weighted by Gasteiger charge is -2.11. The average Bonchev–Trinajstić information content (AvgIpc) is 2.67. The van der Waals surface area contributed by atoms with Gasteiger partial charge in [-0.3, -0.25) is 4.79 Å². The van der Waals surface area contributed by atoms with Gasteiger partial charge in [-0.1, -0.05) is 18.2 Å². The van der Waals surface area contributed by atoms with Crippen LogP contribution in [0.2, 0.25) is 0 Å². The molecule has 0 aromatic heterocycles. The normalized spacial score (nSPS) is 10.3. The van der Waals surface area contributed by atoms with E-state index in [1.807, 2.05) is 30.3 Å². The van der Waals surface area contributed by atoms with E-state index in [4.69, 9.17) is 18.9 Å². The second kappa shape index (κ2) is 11.1. The summed E-state index contributed by atoms with van der Waals surface area (Å²) in [4.78, 5) is 10.8. The Balaban J connectivity index is 1.53. The minimum atomic E-state index is 0.525. The van der Waals surface area contributed by atoms with Gasteiger partial charge in [0.25, 0.3) is 0 Å². The zero-order valence-corrected chi connectivity index (χ0v) is 14.5. The van der Waals surface area contributed by atoms with Crippen molar-refractivity contribution in [2.45, 2.75) is 12.8 Å². The van der Waals surface area contributed by atoms with E-state index in [9.17, 15) is 4.79 Å². The van der Waals surface area contributed by atoms with Gasteiger partial charge in [0.05, 0.1) is 20.3 Å². The van der Waals surface area contributed by atoms with Gasteiger partial charge in [0.15, 0.2) is 11.5 Å². The van der Waals surface area contributed by atoms with Crippen molar-refractivity contribution in [2.75, 3.05) is 33.5 Å². The number of aldehydes is 1. The molecule has 25 heavy (non-hydrogen) atoms. The molecule has 0 unspecified atom stereocenters. The van der Waals surface area contributed by atoms with Crippen molar-refractivity contribution in [1.29, 1.82) is 0 Å². The highest BCUT2D eigenvalue weighted by atomic mass is 16.5. The van der Waals surface area contributed by atoms with Crippen LogP contribution >= 0.6 is 0 Å². The SMILES string of the molecule is COc1cc(C=O)ccc1OCCCOCCCOc1ccccc1. The van der Waals surface area contributed by atoms with Gasteiger partial charge in [-0.25, -0.2) is 0 Å². The summed E-state index contributed by atoms with van der Waals surface area (Å²) in [7, 11) is 1.55. The largest absolute Gasteiger partial charge is 0.494 e.